The summed E-state index contributed by atoms with van der Waals surface area (Å²) in [7, 11) is 0. The van der Waals surface area contributed by atoms with Gasteiger partial charge in [-0.1, -0.05) is 255 Å². The minimum Gasteiger partial charge on any atom is -0.309 e. The van der Waals surface area contributed by atoms with Crippen molar-refractivity contribution < 1.29 is 0 Å². The third kappa shape index (κ3) is 11.6. The van der Waals surface area contributed by atoms with Gasteiger partial charge in [0.1, 0.15) is 0 Å². The Labute approximate surface area is 747 Å². The van der Waals surface area contributed by atoms with Crippen LogP contribution in [0.4, 0.5) is 0 Å². The minimum atomic E-state index is 0.650. The van der Waals surface area contributed by atoms with Crippen molar-refractivity contribution in [3.05, 3.63) is 461 Å². The quantitative estimate of drug-likeness (QED) is 0.116. The first-order valence-corrected chi connectivity index (χ1v) is 44.6. The summed E-state index contributed by atoms with van der Waals surface area (Å²) < 4.78 is 14.5. The first-order valence-electron chi connectivity index (χ1n) is 44.6. The van der Waals surface area contributed by atoms with Crippen LogP contribution in [-0.2, 0) is 0 Å². The lowest BCUT2D eigenvalue weighted by molar-refractivity contribution is 1.16. The third-order valence-electron chi connectivity index (χ3n) is 27.1. The van der Waals surface area contributed by atoms with Crippen LogP contribution in [0.5, 0.6) is 0 Å². The van der Waals surface area contributed by atoms with Gasteiger partial charge in [-0.15, -0.1) is 0 Å². The number of para-hydroxylation sites is 8. The van der Waals surface area contributed by atoms with Crippen molar-refractivity contribution in [2.24, 2.45) is 0 Å². The lowest BCUT2D eigenvalue weighted by Crippen LogP contribution is -1.98. The van der Waals surface area contributed by atoms with Gasteiger partial charge in [0, 0.05) is 115 Å². The zero-order valence-corrected chi connectivity index (χ0v) is 70.5. The second-order valence-electron chi connectivity index (χ2n) is 34.4. The standard InChI is InChI=1S/C122H76N8/c1-6-25-78(26-7-1)122-123-108(87-27-24-36-94(66-87)129-118-61-52-83(79-48-57-114-100(68-79)96-37-16-20-41-110(96)125(114)90-28-8-2-9-29-90)72-104(118)105-73-84(53-62-119(105)129)80-49-58-115-101(69-80)97-38-17-21-42-111(97)126(115)91-30-10-3-11-31-91)76-109(124-122)88-46-45-77-47-56-95(67-89(77)65-88)130-120-63-54-85(81-50-59-116-102(70-81)98-39-18-22-43-112(98)127(116)92-32-12-4-13-33-92)74-106(120)107-75-86(55-64-121(107)130)82-51-60-117-103(71-82)99-40-19-23-44-113(99)128(117)93-34-14-5-15-35-93/h1-76H. The van der Waals surface area contributed by atoms with Crippen LogP contribution in [0.1, 0.15) is 0 Å². The van der Waals surface area contributed by atoms with E-state index in [1.54, 1.807) is 0 Å². The molecule has 0 bridgehead atoms. The number of rotatable bonds is 13. The molecule has 0 amide bonds. The average Bonchev–Trinajstić information content (AvgIpc) is 1.57. The molecule has 0 aliphatic carbocycles. The number of hydrogen-bond acceptors (Lipinski definition) is 2. The smallest absolute Gasteiger partial charge is 0.160 e. The van der Waals surface area contributed by atoms with E-state index in [9.17, 15) is 0 Å². The molecule has 7 heterocycles. The van der Waals surface area contributed by atoms with Gasteiger partial charge in [-0.05, 0) is 262 Å². The molecule has 8 heteroatoms. The van der Waals surface area contributed by atoms with Gasteiger partial charge in [0.05, 0.1) is 77.6 Å². The van der Waals surface area contributed by atoms with Crippen LogP contribution >= 0.6 is 0 Å². The molecular formula is C122H76N8. The number of fused-ring (bicyclic) bond motifs is 19. The van der Waals surface area contributed by atoms with Gasteiger partial charge in [0.25, 0.3) is 0 Å². The van der Waals surface area contributed by atoms with E-state index in [0.29, 0.717) is 5.82 Å². The summed E-state index contributed by atoms with van der Waals surface area (Å²) in [6.07, 6.45) is 0. The predicted molar refractivity (Wildman–Crippen MR) is 544 cm³/mol. The van der Waals surface area contributed by atoms with Crippen molar-refractivity contribution in [1.29, 1.82) is 0 Å². The highest BCUT2D eigenvalue weighted by Gasteiger charge is 2.25. The highest BCUT2D eigenvalue weighted by Crippen LogP contribution is 2.47. The van der Waals surface area contributed by atoms with E-state index < -0.39 is 0 Å². The van der Waals surface area contributed by atoms with Gasteiger partial charge >= 0.3 is 0 Å². The molecule has 0 unspecified atom stereocenters. The molecule has 0 saturated carbocycles. The van der Waals surface area contributed by atoms with Crippen molar-refractivity contribution in [1.82, 2.24) is 37.4 Å². The maximum Gasteiger partial charge on any atom is 0.160 e. The Balaban J connectivity index is 0.593. The van der Waals surface area contributed by atoms with E-state index in [1.807, 2.05) is 0 Å². The average molecular weight is 1650 g/mol. The largest absolute Gasteiger partial charge is 0.309 e. The molecule has 0 aliphatic heterocycles. The van der Waals surface area contributed by atoms with Gasteiger partial charge in [0.2, 0.25) is 0 Å². The van der Waals surface area contributed by atoms with E-state index in [1.165, 1.54) is 98.0 Å². The molecule has 0 N–H and O–H groups in total. The first kappa shape index (κ1) is 72.9. The van der Waals surface area contributed by atoms with Crippen molar-refractivity contribution in [3.8, 4) is 113 Å². The van der Waals surface area contributed by atoms with Gasteiger partial charge in [-0.3, -0.25) is 0 Å². The molecule has 27 rings (SSSR count). The molecule has 8 nitrogen and oxygen atoms in total. The van der Waals surface area contributed by atoms with Gasteiger partial charge in [-0.2, -0.15) is 0 Å². The molecule has 0 saturated heterocycles. The fraction of sp³-hybridized carbons (Fsp3) is 0. The summed E-state index contributed by atoms with van der Waals surface area (Å²) in [5.41, 5.74) is 34.3. The Bertz CT molecular complexity index is 8920. The van der Waals surface area contributed by atoms with Crippen LogP contribution in [0.3, 0.4) is 0 Å². The van der Waals surface area contributed by atoms with E-state index in [-0.39, 0.29) is 0 Å². The van der Waals surface area contributed by atoms with Crippen LogP contribution in [-0.4, -0.2) is 37.4 Å². The second-order valence-corrected chi connectivity index (χ2v) is 34.4. The van der Waals surface area contributed by atoms with Gasteiger partial charge < -0.3 is 27.4 Å². The molecule has 130 heavy (non-hydrogen) atoms. The molecular weight excluding hydrogens is 1580 g/mol. The number of aromatic nitrogens is 8. The van der Waals surface area contributed by atoms with Gasteiger partial charge in [0.15, 0.2) is 5.82 Å². The van der Waals surface area contributed by atoms with E-state index in [2.05, 4.69) is 488 Å². The molecule has 604 valence electrons. The summed E-state index contributed by atoms with van der Waals surface area (Å²) in [4.78, 5) is 11.0. The summed E-state index contributed by atoms with van der Waals surface area (Å²) in [6.45, 7) is 0. The molecule has 7 aromatic heterocycles. The fourth-order valence-electron chi connectivity index (χ4n) is 21.1. The Kier molecular flexibility index (Phi) is 16.3. The van der Waals surface area contributed by atoms with Crippen molar-refractivity contribution >= 4 is 142 Å². The van der Waals surface area contributed by atoms with Crippen molar-refractivity contribution in [2.75, 3.05) is 0 Å². The molecule has 0 atom stereocenters. The monoisotopic (exact) mass is 1650 g/mol. The Morgan fingerprint density at radius 2 is 0.354 bits per heavy atom. The third-order valence-corrected chi connectivity index (χ3v) is 27.1. The van der Waals surface area contributed by atoms with Crippen LogP contribution in [0.15, 0.2) is 461 Å². The van der Waals surface area contributed by atoms with Gasteiger partial charge in [-0.25, -0.2) is 9.97 Å². The normalized spacial score (nSPS) is 12.0. The van der Waals surface area contributed by atoms with E-state index in [0.717, 1.165) is 150 Å². The zero-order chi connectivity index (χ0) is 85.2. The maximum absolute atomic E-state index is 5.52. The summed E-state index contributed by atoms with van der Waals surface area (Å²) in [5.74, 6) is 0.650. The lowest BCUT2D eigenvalue weighted by atomic mass is 9.98. The molecule has 0 spiro atoms. The summed E-state index contributed by atoms with van der Waals surface area (Å²) >= 11 is 0. The van der Waals surface area contributed by atoms with E-state index in [4.69, 9.17) is 9.97 Å². The van der Waals surface area contributed by atoms with Crippen molar-refractivity contribution in [3.63, 3.8) is 0 Å². The molecule has 20 aromatic carbocycles. The maximum atomic E-state index is 5.52. The van der Waals surface area contributed by atoms with E-state index >= 15 is 0 Å². The lowest BCUT2D eigenvalue weighted by Gasteiger charge is -2.13. The Hall–Kier alpha value is -17.5. The molecule has 0 radical (unpaired) electrons. The highest BCUT2D eigenvalue weighted by molar-refractivity contribution is 6.18. The van der Waals surface area contributed by atoms with Crippen LogP contribution in [0.2, 0.25) is 0 Å². The van der Waals surface area contributed by atoms with Crippen LogP contribution in [0, 0.1) is 0 Å². The van der Waals surface area contributed by atoms with Crippen LogP contribution in [0.25, 0.3) is 254 Å². The fourth-order valence-corrected chi connectivity index (χ4v) is 21.1. The molecule has 0 aliphatic rings. The summed E-state index contributed by atoms with van der Waals surface area (Å²) in [5, 5.41) is 16.6. The number of hydrogen-bond donors (Lipinski definition) is 0. The molecule has 0 fully saturated rings. The SMILES string of the molecule is c1ccc(-c2nc(-c3cccc(-n4c5ccc(-c6ccc7c(c6)c6ccccc6n7-c6ccccc6)cc5c5cc(-c6ccc7c(c6)c6ccccc6n7-c6ccccc6)ccc54)c3)cc(-c3ccc4ccc(-n5c6ccc(-c7ccc8c(c7)c7ccccc7n8-c7ccccc7)cc6c6cc(-c7ccc8c(c7)c7ccccc7n8-c7ccccc7)ccc65)cc4c3)n2)cc1. The number of benzene rings is 20. The predicted octanol–water partition coefficient (Wildman–Crippen LogP) is 31.9. The second kappa shape index (κ2) is 29.1. The Morgan fingerprint density at radius 1 is 0.123 bits per heavy atom. The van der Waals surface area contributed by atoms with Crippen LogP contribution < -0.4 is 0 Å². The Morgan fingerprint density at radius 3 is 0.677 bits per heavy atom. The number of nitrogens with zero attached hydrogens (tertiary/aromatic N) is 8. The minimum absolute atomic E-state index is 0.650. The highest BCUT2D eigenvalue weighted by atomic mass is 15.0. The summed E-state index contributed by atoms with van der Waals surface area (Å²) in [6, 6.07) is 170. The topological polar surface area (TPSA) is 55.4 Å². The first-order chi connectivity index (χ1) is 64.4. The van der Waals surface area contributed by atoms with Crippen molar-refractivity contribution in [2.45, 2.75) is 0 Å². The molecule has 27 aromatic rings. The zero-order valence-electron chi connectivity index (χ0n) is 70.5.